The van der Waals surface area contributed by atoms with Crippen molar-refractivity contribution in [2.75, 3.05) is 0 Å². The predicted octanol–water partition coefficient (Wildman–Crippen LogP) is 4.75. The molecule has 27 heavy (non-hydrogen) atoms. The third-order valence-corrected chi connectivity index (χ3v) is 4.06. The summed E-state index contributed by atoms with van der Waals surface area (Å²) in [4.78, 5) is 16.8. The van der Waals surface area contributed by atoms with Crippen LogP contribution in [0.2, 0.25) is 0 Å². The summed E-state index contributed by atoms with van der Waals surface area (Å²) >= 11 is 0. The minimum Gasteiger partial charge on any atom is -0.445 e. The standard InChI is InChI=1S/C21H23N3O3/c1-21(2,3)17(22-20(25)26-14-15-10-6-4-7-11-15)18-23-19(27-24-18)16-12-8-5-9-13-16/h4-13,17H,14H2,1-3H3,(H,22,25)/t17-/m1/s1. The molecule has 3 rings (SSSR count). The van der Waals surface area contributed by atoms with Gasteiger partial charge in [-0.1, -0.05) is 74.5 Å². The molecule has 3 aromatic rings. The highest BCUT2D eigenvalue weighted by Gasteiger charge is 2.32. The summed E-state index contributed by atoms with van der Waals surface area (Å²) in [6.07, 6.45) is -0.523. The van der Waals surface area contributed by atoms with E-state index in [2.05, 4.69) is 15.5 Å². The van der Waals surface area contributed by atoms with E-state index in [9.17, 15) is 4.79 Å². The fourth-order valence-corrected chi connectivity index (χ4v) is 2.60. The number of ether oxygens (including phenoxy) is 1. The quantitative estimate of drug-likeness (QED) is 0.706. The number of nitrogens with zero attached hydrogens (tertiary/aromatic N) is 2. The van der Waals surface area contributed by atoms with Crippen molar-refractivity contribution >= 4 is 6.09 Å². The van der Waals surface area contributed by atoms with Crippen LogP contribution in [0.15, 0.2) is 65.2 Å². The maximum Gasteiger partial charge on any atom is 0.408 e. The molecule has 0 saturated carbocycles. The van der Waals surface area contributed by atoms with Crippen molar-refractivity contribution in [3.05, 3.63) is 72.1 Å². The Labute approximate surface area is 158 Å². The summed E-state index contributed by atoms with van der Waals surface area (Å²) < 4.78 is 10.7. The van der Waals surface area contributed by atoms with Crippen molar-refractivity contribution < 1.29 is 14.1 Å². The van der Waals surface area contributed by atoms with Crippen LogP contribution < -0.4 is 5.32 Å². The Bertz CT molecular complexity index is 870. The van der Waals surface area contributed by atoms with Gasteiger partial charge in [0.25, 0.3) is 5.89 Å². The number of carbonyl (C=O) groups is 1. The molecule has 0 aliphatic rings. The van der Waals surface area contributed by atoms with Gasteiger partial charge in [0, 0.05) is 5.56 Å². The second-order valence-corrected chi connectivity index (χ2v) is 7.33. The average molecular weight is 365 g/mol. The number of nitrogens with one attached hydrogen (secondary N) is 1. The molecule has 2 aromatic carbocycles. The molecule has 0 bridgehead atoms. The average Bonchev–Trinajstić information content (AvgIpc) is 3.15. The SMILES string of the molecule is CC(C)(C)[C@H](NC(=O)OCc1ccccc1)c1noc(-c2ccccc2)n1. The lowest BCUT2D eigenvalue weighted by Crippen LogP contribution is -2.37. The van der Waals surface area contributed by atoms with E-state index < -0.39 is 12.1 Å². The first kappa shape index (κ1) is 18.6. The van der Waals surface area contributed by atoms with Gasteiger partial charge in [0.05, 0.1) is 0 Å². The lowest BCUT2D eigenvalue weighted by atomic mass is 9.86. The van der Waals surface area contributed by atoms with Gasteiger partial charge in [0.15, 0.2) is 5.82 Å². The first-order valence-electron chi connectivity index (χ1n) is 8.80. The molecule has 0 unspecified atom stereocenters. The molecule has 0 fully saturated rings. The summed E-state index contributed by atoms with van der Waals surface area (Å²) in [5, 5.41) is 6.94. The van der Waals surface area contributed by atoms with E-state index in [-0.39, 0.29) is 12.0 Å². The van der Waals surface area contributed by atoms with E-state index in [1.54, 1.807) is 0 Å². The van der Waals surface area contributed by atoms with Crippen LogP contribution >= 0.6 is 0 Å². The predicted molar refractivity (Wildman–Crippen MR) is 102 cm³/mol. The number of hydrogen-bond donors (Lipinski definition) is 1. The van der Waals surface area contributed by atoms with Gasteiger partial charge >= 0.3 is 6.09 Å². The molecule has 140 valence electrons. The Balaban J connectivity index is 1.71. The summed E-state index contributed by atoms with van der Waals surface area (Å²) in [7, 11) is 0. The van der Waals surface area contributed by atoms with Gasteiger partial charge in [-0.2, -0.15) is 4.98 Å². The lowest BCUT2D eigenvalue weighted by molar-refractivity contribution is 0.124. The summed E-state index contributed by atoms with van der Waals surface area (Å²) in [5.41, 5.74) is 1.42. The molecule has 1 heterocycles. The molecule has 0 saturated heterocycles. The Hall–Kier alpha value is -3.15. The maximum atomic E-state index is 12.3. The van der Waals surface area contributed by atoms with Crippen LogP contribution in [0.5, 0.6) is 0 Å². The zero-order chi connectivity index (χ0) is 19.3. The van der Waals surface area contributed by atoms with Gasteiger partial charge in [0.2, 0.25) is 0 Å². The molecule has 1 amide bonds. The highest BCUT2D eigenvalue weighted by Crippen LogP contribution is 2.32. The normalized spacial score (nSPS) is 12.4. The van der Waals surface area contributed by atoms with Crippen molar-refractivity contribution in [3.63, 3.8) is 0 Å². The molecule has 0 aliphatic carbocycles. The third-order valence-electron chi connectivity index (χ3n) is 4.06. The van der Waals surface area contributed by atoms with Crippen LogP contribution in [0, 0.1) is 5.41 Å². The Kier molecular flexibility index (Phi) is 5.54. The van der Waals surface area contributed by atoms with E-state index in [0.717, 1.165) is 11.1 Å². The zero-order valence-electron chi connectivity index (χ0n) is 15.7. The molecule has 0 radical (unpaired) electrons. The zero-order valence-corrected chi connectivity index (χ0v) is 15.7. The number of benzene rings is 2. The topological polar surface area (TPSA) is 77.2 Å². The molecular formula is C21H23N3O3. The van der Waals surface area contributed by atoms with Crippen molar-refractivity contribution in [2.45, 2.75) is 33.4 Å². The molecule has 0 aliphatic heterocycles. The summed E-state index contributed by atoms with van der Waals surface area (Å²) in [6.45, 7) is 6.18. The van der Waals surface area contributed by atoms with Gasteiger partial charge in [-0.3, -0.25) is 0 Å². The van der Waals surface area contributed by atoms with Crippen molar-refractivity contribution in [3.8, 4) is 11.5 Å². The third kappa shape index (κ3) is 4.94. The number of amides is 1. The first-order chi connectivity index (χ1) is 12.9. The second-order valence-electron chi connectivity index (χ2n) is 7.33. The maximum absolute atomic E-state index is 12.3. The highest BCUT2D eigenvalue weighted by molar-refractivity contribution is 5.68. The molecule has 1 aromatic heterocycles. The number of rotatable bonds is 5. The van der Waals surface area contributed by atoms with Crippen LogP contribution in [-0.4, -0.2) is 16.2 Å². The first-order valence-corrected chi connectivity index (χ1v) is 8.80. The number of carbonyl (C=O) groups excluding carboxylic acids is 1. The van der Waals surface area contributed by atoms with Crippen LogP contribution in [0.1, 0.15) is 38.2 Å². The fraction of sp³-hybridized carbons (Fsp3) is 0.286. The monoisotopic (exact) mass is 365 g/mol. The fourth-order valence-electron chi connectivity index (χ4n) is 2.60. The smallest absolute Gasteiger partial charge is 0.408 e. The van der Waals surface area contributed by atoms with Gasteiger partial charge < -0.3 is 14.6 Å². The summed E-state index contributed by atoms with van der Waals surface area (Å²) in [6, 6.07) is 18.6. The van der Waals surface area contributed by atoms with E-state index in [4.69, 9.17) is 9.26 Å². The van der Waals surface area contributed by atoms with Crippen LogP contribution in [0.25, 0.3) is 11.5 Å². The van der Waals surface area contributed by atoms with Gasteiger partial charge in [-0.15, -0.1) is 0 Å². The minimum absolute atomic E-state index is 0.199. The Morgan fingerprint density at radius 2 is 1.70 bits per heavy atom. The molecular weight excluding hydrogens is 342 g/mol. The van der Waals surface area contributed by atoms with Crippen molar-refractivity contribution in [1.82, 2.24) is 15.5 Å². The minimum atomic E-state index is -0.523. The highest BCUT2D eigenvalue weighted by atomic mass is 16.5. The van der Waals surface area contributed by atoms with Gasteiger partial charge in [-0.05, 0) is 23.1 Å². The van der Waals surface area contributed by atoms with Gasteiger partial charge in [-0.25, -0.2) is 4.79 Å². The van der Waals surface area contributed by atoms with Crippen LogP contribution in [0.3, 0.4) is 0 Å². The molecule has 0 spiro atoms. The van der Waals surface area contributed by atoms with Gasteiger partial charge in [0.1, 0.15) is 12.6 Å². The van der Waals surface area contributed by atoms with Crippen LogP contribution in [-0.2, 0) is 11.3 Å². The van der Waals surface area contributed by atoms with E-state index in [1.807, 2.05) is 81.4 Å². The van der Waals surface area contributed by atoms with Crippen molar-refractivity contribution in [1.29, 1.82) is 0 Å². The number of alkyl carbamates (subject to hydrolysis) is 1. The molecule has 1 N–H and O–H groups in total. The van der Waals surface area contributed by atoms with Crippen molar-refractivity contribution in [2.24, 2.45) is 5.41 Å². The summed E-state index contributed by atoms with van der Waals surface area (Å²) in [5.74, 6) is 0.831. The second kappa shape index (κ2) is 8.03. The van der Waals surface area contributed by atoms with E-state index in [1.165, 1.54) is 0 Å². The largest absolute Gasteiger partial charge is 0.445 e. The van der Waals surface area contributed by atoms with E-state index >= 15 is 0 Å². The Morgan fingerprint density at radius 3 is 2.33 bits per heavy atom. The molecule has 6 nitrogen and oxygen atoms in total. The Morgan fingerprint density at radius 1 is 1.07 bits per heavy atom. The molecule has 1 atom stereocenters. The number of hydrogen-bond acceptors (Lipinski definition) is 5. The number of aromatic nitrogens is 2. The van der Waals surface area contributed by atoms with E-state index in [0.29, 0.717) is 11.7 Å². The molecule has 6 heteroatoms. The van der Waals surface area contributed by atoms with Crippen LogP contribution in [0.4, 0.5) is 4.79 Å². The lowest BCUT2D eigenvalue weighted by Gasteiger charge is -2.28.